The standard InChI is InChI=1S/C32H38N6O6S2/c1-20-18-23(44-22-9-4-3-5-10-22)12-13-24(20)38-25-14-16-33-31-27(25)28(36-32(38)41)29(45-31)30(40)35-21-8-7-17-37(19-21)26(39)11-6-15-34-46(2,42)43/h3-6,9-13,18,21,25,27,31,33-34H,7-8,14-17,19H2,1-2H3,(H,35,40)(H,36,41)/b11-6+/t21-,25?,27?,31?/m1/s1. The molecule has 2 aromatic rings. The maximum atomic E-state index is 13.7. The lowest BCUT2D eigenvalue weighted by Crippen LogP contribution is -2.62. The molecule has 4 aliphatic heterocycles. The number of hydrogen-bond acceptors (Lipinski definition) is 8. The Morgan fingerprint density at radius 2 is 1.93 bits per heavy atom. The van der Waals surface area contributed by atoms with Crippen LogP contribution in [0, 0.1) is 12.8 Å². The maximum absolute atomic E-state index is 13.7. The number of benzene rings is 2. The molecule has 3 unspecified atom stereocenters. The number of aryl methyl sites for hydroxylation is 1. The summed E-state index contributed by atoms with van der Waals surface area (Å²) in [5.74, 6) is 0.839. The molecular weight excluding hydrogens is 629 g/mol. The molecule has 3 fully saturated rings. The number of sulfonamides is 1. The number of thioether (sulfide) groups is 1. The highest BCUT2D eigenvalue weighted by Gasteiger charge is 2.52. The molecule has 2 aromatic carbocycles. The van der Waals surface area contributed by atoms with Gasteiger partial charge < -0.3 is 25.6 Å². The van der Waals surface area contributed by atoms with Crippen LogP contribution in [0.5, 0.6) is 11.5 Å². The fourth-order valence-electron chi connectivity index (χ4n) is 6.50. The molecule has 0 aromatic heterocycles. The zero-order valence-corrected chi connectivity index (χ0v) is 27.3. The molecule has 4 amide bonds. The molecule has 4 atom stereocenters. The molecule has 4 aliphatic rings. The number of ether oxygens (including phenoxy) is 1. The summed E-state index contributed by atoms with van der Waals surface area (Å²) in [6.45, 7) is 3.61. The van der Waals surface area contributed by atoms with Crippen molar-refractivity contribution in [2.24, 2.45) is 5.92 Å². The number of carbonyl (C=O) groups excluding carboxylic acids is 3. The summed E-state index contributed by atoms with van der Waals surface area (Å²) in [5.41, 5.74) is 2.36. The Morgan fingerprint density at radius 1 is 1.13 bits per heavy atom. The number of rotatable bonds is 9. The number of likely N-dealkylation sites (tertiary alicyclic amines) is 1. The van der Waals surface area contributed by atoms with E-state index in [0.29, 0.717) is 36.0 Å². The van der Waals surface area contributed by atoms with Gasteiger partial charge in [0.05, 0.1) is 22.6 Å². The molecule has 4 heterocycles. The first-order valence-electron chi connectivity index (χ1n) is 15.4. The zero-order chi connectivity index (χ0) is 32.4. The first-order valence-corrected chi connectivity index (χ1v) is 18.1. The minimum absolute atomic E-state index is 0.0286. The van der Waals surface area contributed by atoms with Crippen LogP contribution in [0.1, 0.15) is 24.8 Å². The topological polar surface area (TPSA) is 149 Å². The van der Waals surface area contributed by atoms with E-state index in [-0.39, 0.29) is 47.8 Å². The number of amides is 4. The summed E-state index contributed by atoms with van der Waals surface area (Å²) < 4.78 is 30.8. The second-order valence-corrected chi connectivity index (χ2v) is 14.9. The number of para-hydroxylation sites is 1. The SMILES string of the molecule is Cc1cc(Oc2ccccc2)ccc1N1C(=O)NC2=C(C(=O)N[C@@H]3CCCN(C(=O)/C=C/CNS(C)(=O)=O)C3)SC3NCCC1C23. The molecule has 3 saturated heterocycles. The summed E-state index contributed by atoms with van der Waals surface area (Å²) in [5, 5.41) is 9.64. The fourth-order valence-corrected chi connectivity index (χ4v) is 8.30. The van der Waals surface area contributed by atoms with Crippen molar-refractivity contribution in [1.82, 2.24) is 25.6 Å². The van der Waals surface area contributed by atoms with Gasteiger partial charge in [0.15, 0.2) is 0 Å². The molecule has 4 N–H and O–H groups in total. The van der Waals surface area contributed by atoms with Crippen molar-refractivity contribution in [1.29, 1.82) is 0 Å². The number of anilines is 1. The third-order valence-electron chi connectivity index (χ3n) is 8.55. The van der Waals surface area contributed by atoms with E-state index in [1.807, 2.05) is 60.4 Å². The average Bonchev–Trinajstić information content (AvgIpc) is 3.39. The predicted octanol–water partition coefficient (Wildman–Crippen LogP) is 2.79. The van der Waals surface area contributed by atoms with Gasteiger partial charge in [-0.15, -0.1) is 0 Å². The van der Waals surface area contributed by atoms with Crippen LogP contribution in [0.25, 0.3) is 0 Å². The van der Waals surface area contributed by atoms with Gasteiger partial charge in [-0.05, 0) is 68.6 Å². The summed E-state index contributed by atoms with van der Waals surface area (Å²) in [7, 11) is -3.34. The molecule has 0 spiro atoms. The Balaban J connectivity index is 1.14. The largest absolute Gasteiger partial charge is 0.457 e. The number of piperidine rings is 2. The van der Waals surface area contributed by atoms with Crippen molar-refractivity contribution < 1.29 is 27.5 Å². The molecule has 0 saturated carbocycles. The van der Waals surface area contributed by atoms with Crippen molar-refractivity contribution in [3.63, 3.8) is 0 Å². The van der Waals surface area contributed by atoms with E-state index in [1.54, 1.807) is 4.90 Å². The van der Waals surface area contributed by atoms with E-state index in [4.69, 9.17) is 4.74 Å². The van der Waals surface area contributed by atoms with Crippen molar-refractivity contribution in [2.75, 3.05) is 37.3 Å². The lowest BCUT2D eigenvalue weighted by molar-refractivity contribution is -0.128. The average molecular weight is 667 g/mol. The van der Waals surface area contributed by atoms with Crippen molar-refractivity contribution >= 4 is 45.3 Å². The number of hydrogen-bond donors (Lipinski definition) is 4. The van der Waals surface area contributed by atoms with E-state index in [9.17, 15) is 22.8 Å². The van der Waals surface area contributed by atoms with Crippen LogP contribution < -0.4 is 30.3 Å². The summed E-state index contributed by atoms with van der Waals surface area (Å²) >= 11 is 1.44. The Hall–Kier alpha value is -3.85. The highest BCUT2D eigenvalue weighted by molar-refractivity contribution is 8.04. The summed E-state index contributed by atoms with van der Waals surface area (Å²) in [6.07, 6.45) is 6.07. The number of carbonyl (C=O) groups is 3. The van der Waals surface area contributed by atoms with Crippen molar-refractivity contribution in [3.8, 4) is 11.5 Å². The van der Waals surface area contributed by atoms with E-state index >= 15 is 0 Å². The van der Waals surface area contributed by atoms with Gasteiger partial charge in [0.25, 0.3) is 5.91 Å². The fraction of sp³-hybridized carbons (Fsp3) is 0.406. The normalized spacial score (nSPS) is 24.5. The highest BCUT2D eigenvalue weighted by Crippen LogP contribution is 2.48. The Bertz CT molecular complexity index is 1680. The maximum Gasteiger partial charge on any atom is 0.326 e. The highest BCUT2D eigenvalue weighted by atomic mass is 32.2. The Labute approximate surface area is 273 Å². The van der Waals surface area contributed by atoms with Crippen molar-refractivity contribution in [3.05, 3.63) is 76.8 Å². The molecular formula is C32H38N6O6S2. The number of urea groups is 1. The molecule has 0 bridgehead atoms. The minimum Gasteiger partial charge on any atom is -0.457 e. The molecule has 0 radical (unpaired) electrons. The lowest BCUT2D eigenvalue weighted by Gasteiger charge is -2.46. The van der Waals surface area contributed by atoms with Gasteiger partial charge in [-0.3, -0.25) is 14.5 Å². The monoisotopic (exact) mass is 666 g/mol. The van der Waals surface area contributed by atoms with E-state index < -0.39 is 10.0 Å². The van der Waals surface area contributed by atoms with Gasteiger partial charge in [0.1, 0.15) is 11.5 Å². The van der Waals surface area contributed by atoms with Gasteiger partial charge in [0.2, 0.25) is 15.9 Å². The quantitative estimate of drug-likeness (QED) is 0.299. The lowest BCUT2D eigenvalue weighted by atomic mass is 9.86. The van der Waals surface area contributed by atoms with Gasteiger partial charge in [-0.2, -0.15) is 0 Å². The third kappa shape index (κ3) is 7.09. The second kappa shape index (κ2) is 13.5. The van der Waals surface area contributed by atoms with Crippen LogP contribution in [-0.4, -0.2) is 81.1 Å². The van der Waals surface area contributed by atoms with Gasteiger partial charge in [-0.25, -0.2) is 17.9 Å². The summed E-state index contributed by atoms with van der Waals surface area (Å²) in [6, 6.07) is 14.6. The number of nitrogens with zero attached hydrogens (tertiary/aromatic N) is 2. The predicted molar refractivity (Wildman–Crippen MR) is 177 cm³/mol. The van der Waals surface area contributed by atoms with Crippen LogP contribution in [0.15, 0.2) is 71.3 Å². The molecule has 12 nitrogen and oxygen atoms in total. The molecule has 0 aliphatic carbocycles. The summed E-state index contributed by atoms with van der Waals surface area (Å²) in [4.78, 5) is 44.0. The van der Waals surface area contributed by atoms with Crippen LogP contribution in [0.3, 0.4) is 0 Å². The van der Waals surface area contributed by atoms with Gasteiger partial charge in [-0.1, -0.05) is 36.0 Å². The molecule has 244 valence electrons. The minimum atomic E-state index is -3.34. The van der Waals surface area contributed by atoms with E-state index in [1.165, 1.54) is 23.9 Å². The number of nitrogens with one attached hydrogen (secondary N) is 4. The first kappa shape index (κ1) is 32.1. The Kier molecular flexibility index (Phi) is 9.41. The van der Waals surface area contributed by atoms with Crippen LogP contribution >= 0.6 is 11.8 Å². The molecule has 6 rings (SSSR count). The van der Waals surface area contributed by atoms with E-state index in [0.717, 1.165) is 42.5 Å². The first-order chi connectivity index (χ1) is 22.1. The zero-order valence-electron chi connectivity index (χ0n) is 25.7. The molecule has 14 heteroatoms. The van der Waals surface area contributed by atoms with Crippen LogP contribution in [0.4, 0.5) is 10.5 Å². The van der Waals surface area contributed by atoms with Crippen LogP contribution in [-0.2, 0) is 19.6 Å². The van der Waals surface area contributed by atoms with Crippen molar-refractivity contribution in [2.45, 2.75) is 43.6 Å². The third-order valence-corrected chi connectivity index (χ3v) is 10.6. The Morgan fingerprint density at radius 3 is 2.70 bits per heavy atom. The van der Waals surface area contributed by atoms with Gasteiger partial charge in [0, 0.05) is 49.1 Å². The smallest absolute Gasteiger partial charge is 0.326 e. The molecule has 46 heavy (non-hydrogen) atoms. The van der Waals surface area contributed by atoms with Gasteiger partial charge >= 0.3 is 6.03 Å². The second-order valence-electron chi connectivity index (χ2n) is 11.9. The van der Waals surface area contributed by atoms with Crippen LogP contribution in [0.2, 0.25) is 0 Å². The van der Waals surface area contributed by atoms with E-state index in [2.05, 4.69) is 20.7 Å².